The normalized spacial score (nSPS) is 16.2. The van der Waals surface area contributed by atoms with Crippen molar-refractivity contribution in [2.75, 3.05) is 13.2 Å². The van der Waals surface area contributed by atoms with Gasteiger partial charge >= 0.3 is 0 Å². The van der Waals surface area contributed by atoms with E-state index in [4.69, 9.17) is 10.5 Å². The summed E-state index contributed by atoms with van der Waals surface area (Å²) in [6, 6.07) is 8.83. The molecule has 1 unspecified atom stereocenters. The van der Waals surface area contributed by atoms with E-state index in [1.807, 2.05) is 30.3 Å². The maximum absolute atomic E-state index is 11.9. The second-order valence-corrected chi connectivity index (χ2v) is 5.31. The van der Waals surface area contributed by atoms with Crippen molar-refractivity contribution in [1.82, 2.24) is 5.32 Å². The molecule has 5 heteroatoms. The van der Waals surface area contributed by atoms with Gasteiger partial charge in [0.2, 0.25) is 5.91 Å². The van der Waals surface area contributed by atoms with Gasteiger partial charge in [0.15, 0.2) is 0 Å². The fourth-order valence-corrected chi connectivity index (χ4v) is 2.51. The number of hydrogen-bond acceptors (Lipinski definition) is 3. The van der Waals surface area contributed by atoms with Crippen LogP contribution in [0.15, 0.2) is 30.3 Å². The lowest BCUT2D eigenvalue weighted by Gasteiger charge is -2.13. The fourth-order valence-electron chi connectivity index (χ4n) is 2.51. The zero-order valence-corrected chi connectivity index (χ0v) is 13.1. The van der Waals surface area contributed by atoms with Gasteiger partial charge in [-0.2, -0.15) is 0 Å². The molecule has 21 heavy (non-hydrogen) atoms. The third-order valence-electron chi connectivity index (χ3n) is 3.72. The molecule has 1 aliphatic rings. The van der Waals surface area contributed by atoms with Crippen LogP contribution in [0, 0.1) is 0 Å². The number of rotatable bonds is 7. The number of carbonyl (C=O) groups excluding carboxylic acids is 1. The molecule has 1 fully saturated rings. The quantitative estimate of drug-likeness (QED) is 0.761. The molecule has 0 aliphatic heterocycles. The van der Waals surface area contributed by atoms with Crippen molar-refractivity contribution in [3.05, 3.63) is 35.9 Å². The van der Waals surface area contributed by atoms with Gasteiger partial charge < -0.3 is 15.8 Å². The second kappa shape index (κ2) is 9.77. The van der Waals surface area contributed by atoms with Crippen LogP contribution in [0.2, 0.25) is 0 Å². The van der Waals surface area contributed by atoms with E-state index in [-0.39, 0.29) is 18.3 Å². The van der Waals surface area contributed by atoms with Crippen molar-refractivity contribution in [1.29, 1.82) is 0 Å². The maximum atomic E-state index is 11.9. The third kappa shape index (κ3) is 6.04. The molecule has 1 atom stereocenters. The molecule has 0 aromatic heterocycles. The highest BCUT2D eigenvalue weighted by Gasteiger charge is 2.16. The molecule has 4 nitrogen and oxygen atoms in total. The minimum atomic E-state index is -0.591. The number of hydrogen-bond donors (Lipinski definition) is 2. The molecule has 0 spiro atoms. The Morgan fingerprint density at radius 3 is 2.62 bits per heavy atom. The van der Waals surface area contributed by atoms with Crippen LogP contribution < -0.4 is 11.1 Å². The number of carbonyl (C=O) groups is 1. The number of amides is 1. The van der Waals surface area contributed by atoms with E-state index in [1.165, 1.54) is 25.7 Å². The molecule has 0 heterocycles. The Kier molecular flexibility index (Phi) is 8.35. The molecule has 0 radical (unpaired) electrons. The Bertz CT molecular complexity index is 408. The molecule has 1 aromatic carbocycles. The summed E-state index contributed by atoms with van der Waals surface area (Å²) in [5, 5.41) is 2.86. The molecule has 1 saturated carbocycles. The van der Waals surface area contributed by atoms with Crippen LogP contribution in [-0.2, 0) is 9.53 Å². The highest BCUT2D eigenvalue weighted by molar-refractivity contribution is 5.85. The van der Waals surface area contributed by atoms with E-state index in [9.17, 15) is 4.79 Å². The average Bonchev–Trinajstić information content (AvgIpc) is 3.00. The summed E-state index contributed by atoms with van der Waals surface area (Å²) in [5.41, 5.74) is 6.75. The van der Waals surface area contributed by atoms with Crippen LogP contribution in [0.4, 0.5) is 0 Å². The van der Waals surface area contributed by atoms with Gasteiger partial charge in [-0.05, 0) is 24.8 Å². The molecule has 0 saturated heterocycles. The zero-order chi connectivity index (χ0) is 14.2. The predicted octanol–water partition coefficient (Wildman–Crippen LogP) is 2.57. The molecule has 2 rings (SSSR count). The van der Waals surface area contributed by atoms with Crippen LogP contribution in [0.3, 0.4) is 0 Å². The van der Waals surface area contributed by atoms with Crippen LogP contribution >= 0.6 is 12.4 Å². The Hall–Kier alpha value is -1.10. The van der Waals surface area contributed by atoms with E-state index in [0.717, 1.165) is 12.0 Å². The van der Waals surface area contributed by atoms with Crippen LogP contribution in [0.25, 0.3) is 0 Å². The van der Waals surface area contributed by atoms with Gasteiger partial charge in [-0.15, -0.1) is 12.4 Å². The Morgan fingerprint density at radius 1 is 1.29 bits per heavy atom. The van der Waals surface area contributed by atoms with E-state index in [0.29, 0.717) is 19.3 Å². The van der Waals surface area contributed by atoms with Crippen LogP contribution in [0.1, 0.15) is 43.7 Å². The minimum absolute atomic E-state index is 0. The summed E-state index contributed by atoms with van der Waals surface area (Å²) in [6.07, 6.45) is 6.22. The van der Waals surface area contributed by atoms with E-state index in [2.05, 4.69) is 5.32 Å². The summed E-state index contributed by atoms with van der Waals surface area (Å²) in [4.78, 5) is 11.9. The first-order valence-corrected chi connectivity index (χ1v) is 7.47. The molecule has 1 amide bonds. The van der Waals surface area contributed by atoms with E-state index >= 15 is 0 Å². The molecule has 3 N–H and O–H groups in total. The van der Waals surface area contributed by atoms with Gasteiger partial charge in [-0.25, -0.2) is 0 Å². The van der Waals surface area contributed by atoms with Crippen molar-refractivity contribution in [2.45, 2.75) is 44.2 Å². The summed E-state index contributed by atoms with van der Waals surface area (Å²) < 4.78 is 5.75. The number of nitrogens with one attached hydrogen (secondary N) is 1. The third-order valence-corrected chi connectivity index (χ3v) is 3.72. The number of halogens is 1. The molecular formula is C16H25ClN2O2. The number of benzene rings is 1. The molecule has 118 valence electrons. The van der Waals surface area contributed by atoms with Crippen molar-refractivity contribution >= 4 is 18.3 Å². The Balaban J connectivity index is 0.00000220. The van der Waals surface area contributed by atoms with Crippen LogP contribution in [-0.4, -0.2) is 25.2 Å². The Labute approximate surface area is 132 Å². The molecule has 0 bridgehead atoms. The number of nitrogens with two attached hydrogens (primary N) is 1. The van der Waals surface area contributed by atoms with Gasteiger partial charge in [0.05, 0.1) is 6.10 Å². The van der Waals surface area contributed by atoms with Gasteiger partial charge in [-0.1, -0.05) is 43.2 Å². The monoisotopic (exact) mass is 312 g/mol. The van der Waals surface area contributed by atoms with E-state index < -0.39 is 6.04 Å². The van der Waals surface area contributed by atoms with E-state index in [1.54, 1.807) is 0 Å². The fraction of sp³-hybridized carbons (Fsp3) is 0.562. The first kappa shape index (κ1) is 18.0. The van der Waals surface area contributed by atoms with Crippen molar-refractivity contribution in [3.8, 4) is 0 Å². The maximum Gasteiger partial charge on any atom is 0.241 e. The largest absolute Gasteiger partial charge is 0.378 e. The van der Waals surface area contributed by atoms with Crippen LogP contribution in [0.5, 0.6) is 0 Å². The SMILES string of the molecule is Cl.NC(C(=O)NCCCOC1CCCC1)c1ccccc1. The molecule has 1 aromatic rings. The lowest BCUT2D eigenvalue weighted by Crippen LogP contribution is -2.35. The lowest BCUT2D eigenvalue weighted by atomic mass is 10.1. The van der Waals surface area contributed by atoms with Gasteiger partial charge in [-0.3, -0.25) is 4.79 Å². The smallest absolute Gasteiger partial charge is 0.241 e. The predicted molar refractivity (Wildman–Crippen MR) is 86.5 cm³/mol. The second-order valence-electron chi connectivity index (χ2n) is 5.31. The topological polar surface area (TPSA) is 64.4 Å². The highest BCUT2D eigenvalue weighted by atomic mass is 35.5. The summed E-state index contributed by atoms with van der Waals surface area (Å²) in [6.45, 7) is 1.33. The van der Waals surface area contributed by atoms with Crippen molar-refractivity contribution in [3.63, 3.8) is 0 Å². The highest BCUT2D eigenvalue weighted by Crippen LogP contribution is 2.20. The molecular weight excluding hydrogens is 288 g/mol. The first-order chi connectivity index (χ1) is 9.77. The minimum Gasteiger partial charge on any atom is -0.378 e. The summed E-state index contributed by atoms with van der Waals surface area (Å²) in [7, 11) is 0. The van der Waals surface area contributed by atoms with Gasteiger partial charge in [0.1, 0.15) is 6.04 Å². The zero-order valence-electron chi connectivity index (χ0n) is 12.3. The Morgan fingerprint density at radius 2 is 1.95 bits per heavy atom. The lowest BCUT2D eigenvalue weighted by molar-refractivity contribution is -0.122. The van der Waals surface area contributed by atoms with Gasteiger partial charge in [0.25, 0.3) is 0 Å². The van der Waals surface area contributed by atoms with Crippen molar-refractivity contribution in [2.24, 2.45) is 5.73 Å². The van der Waals surface area contributed by atoms with Crippen molar-refractivity contribution < 1.29 is 9.53 Å². The standard InChI is InChI=1S/C16H24N2O2.ClH/c17-15(13-7-2-1-3-8-13)16(19)18-11-6-12-20-14-9-4-5-10-14;/h1-3,7-8,14-15H,4-6,9-12,17H2,(H,18,19);1H. The number of ether oxygens (including phenoxy) is 1. The average molecular weight is 313 g/mol. The summed E-state index contributed by atoms with van der Waals surface area (Å²) >= 11 is 0. The first-order valence-electron chi connectivity index (χ1n) is 7.47. The molecule has 1 aliphatic carbocycles. The summed E-state index contributed by atoms with van der Waals surface area (Å²) in [5.74, 6) is -0.128. The van der Waals surface area contributed by atoms with Gasteiger partial charge in [0, 0.05) is 13.2 Å².